The van der Waals surface area contributed by atoms with Crippen molar-refractivity contribution in [2.75, 3.05) is 20.1 Å². The number of aromatic amines is 1. The molecule has 1 aliphatic heterocycles. The van der Waals surface area contributed by atoms with Crippen molar-refractivity contribution in [3.05, 3.63) is 11.4 Å². The minimum Gasteiger partial charge on any atom is -0.476 e. The van der Waals surface area contributed by atoms with Gasteiger partial charge in [-0.05, 0) is 26.9 Å². The molecule has 0 aromatic carbocycles. The van der Waals surface area contributed by atoms with Gasteiger partial charge in [0.05, 0.1) is 5.69 Å². The van der Waals surface area contributed by atoms with Crippen LogP contribution in [0.4, 0.5) is 0 Å². The highest BCUT2D eigenvalue weighted by molar-refractivity contribution is 7.89. The van der Waals surface area contributed by atoms with E-state index in [0.717, 1.165) is 6.54 Å². The van der Waals surface area contributed by atoms with Crippen LogP contribution in [0.1, 0.15) is 22.6 Å². The maximum absolute atomic E-state index is 12.2. The minimum absolute atomic E-state index is 0.203. The van der Waals surface area contributed by atoms with E-state index in [1.165, 1.54) is 6.92 Å². The number of H-pyrrole nitrogens is 1. The largest absolute Gasteiger partial charge is 0.476 e. The van der Waals surface area contributed by atoms with Gasteiger partial charge in [0.1, 0.15) is 4.90 Å². The van der Waals surface area contributed by atoms with E-state index in [2.05, 4.69) is 14.9 Å². The van der Waals surface area contributed by atoms with Crippen molar-refractivity contribution < 1.29 is 18.3 Å². The van der Waals surface area contributed by atoms with E-state index in [4.69, 9.17) is 5.11 Å². The molecule has 8 nitrogen and oxygen atoms in total. The number of nitrogens with one attached hydrogen (secondary N) is 2. The third-order valence-corrected chi connectivity index (χ3v) is 4.76. The molecule has 0 spiro atoms. The predicted octanol–water partition coefficient (Wildman–Crippen LogP) is -0.601. The Kier molecular flexibility index (Phi) is 3.61. The lowest BCUT2D eigenvalue weighted by molar-refractivity contribution is 0.0686. The summed E-state index contributed by atoms with van der Waals surface area (Å²) in [6.07, 6.45) is 0.703. The Morgan fingerprint density at radius 3 is 2.79 bits per heavy atom. The average molecular weight is 288 g/mol. The smallest absolute Gasteiger partial charge is 0.357 e. The van der Waals surface area contributed by atoms with Gasteiger partial charge in [-0.15, -0.1) is 0 Å². The number of hydrogen-bond acceptors (Lipinski definition) is 5. The van der Waals surface area contributed by atoms with Gasteiger partial charge in [-0.3, -0.25) is 5.10 Å². The lowest BCUT2D eigenvalue weighted by Gasteiger charge is -2.13. The molecule has 1 unspecified atom stereocenters. The molecular formula is C10H16N4O4S. The summed E-state index contributed by atoms with van der Waals surface area (Å²) in [5.74, 6) is -1.37. The van der Waals surface area contributed by atoms with E-state index in [-0.39, 0.29) is 16.6 Å². The molecule has 0 radical (unpaired) electrons. The fraction of sp³-hybridized carbons (Fsp3) is 0.600. The third kappa shape index (κ3) is 2.77. The molecule has 106 valence electrons. The van der Waals surface area contributed by atoms with Crippen LogP contribution in [-0.4, -0.2) is 60.8 Å². The highest BCUT2D eigenvalue weighted by Crippen LogP contribution is 2.19. The molecule has 1 aromatic heterocycles. The number of likely N-dealkylation sites (N-methyl/N-ethyl adjacent to an activating group) is 1. The van der Waals surface area contributed by atoms with Crippen LogP contribution in [-0.2, 0) is 10.0 Å². The summed E-state index contributed by atoms with van der Waals surface area (Å²) in [5, 5.41) is 14.9. The molecule has 1 aliphatic rings. The number of sulfonamides is 1. The number of aryl methyl sites for hydroxylation is 1. The van der Waals surface area contributed by atoms with Crippen molar-refractivity contribution in [3.8, 4) is 0 Å². The molecule has 1 saturated heterocycles. The maximum atomic E-state index is 12.2. The van der Waals surface area contributed by atoms with Gasteiger partial charge < -0.3 is 10.0 Å². The predicted molar refractivity (Wildman–Crippen MR) is 66.5 cm³/mol. The van der Waals surface area contributed by atoms with Gasteiger partial charge in [0.2, 0.25) is 10.0 Å². The van der Waals surface area contributed by atoms with Crippen molar-refractivity contribution in [3.63, 3.8) is 0 Å². The molecule has 0 aliphatic carbocycles. The van der Waals surface area contributed by atoms with E-state index < -0.39 is 21.7 Å². The lowest BCUT2D eigenvalue weighted by Crippen LogP contribution is -2.37. The zero-order valence-corrected chi connectivity index (χ0v) is 11.5. The Morgan fingerprint density at radius 2 is 2.26 bits per heavy atom. The highest BCUT2D eigenvalue weighted by atomic mass is 32.2. The second kappa shape index (κ2) is 4.91. The van der Waals surface area contributed by atoms with Gasteiger partial charge in [-0.2, -0.15) is 5.10 Å². The van der Waals surface area contributed by atoms with Crippen molar-refractivity contribution >= 4 is 16.0 Å². The van der Waals surface area contributed by atoms with E-state index in [9.17, 15) is 13.2 Å². The Bertz CT molecular complexity index is 595. The molecule has 9 heteroatoms. The molecule has 0 amide bonds. The first kappa shape index (κ1) is 14.0. The first-order valence-electron chi connectivity index (χ1n) is 5.80. The highest BCUT2D eigenvalue weighted by Gasteiger charge is 2.31. The lowest BCUT2D eigenvalue weighted by atomic mass is 10.3. The monoisotopic (exact) mass is 288 g/mol. The summed E-state index contributed by atoms with van der Waals surface area (Å²) in [5.41, 5.74) is -0.257. The fourth-order valence-electron chi connectivity index (χ4n) is 2.20. The number of carbonyl (C=O) groups is 1. The Hall–Kier alpha value is -1.45. The van der Waals surface area contributed by atoms with Gasteiger partial charge in [0.25, 0.3) is 0 Å². The van der Waals surface area contributed by atoms with Gasteiger partial charge in [0.15, 0.2) is 5.69 Å². The van der Waals surface area contributed by atoms with Crippen molar-refractivity contribution in [1.29, 1.82) is 0 Å². The van der Waals surface area contributed by atoms with E-state index >= 15 is 0 Å². The van der Waals surface area contributed by atoms with Crippen LogP contribution >= 0.6 is 0 Å². The zero-order chi connectivity index (χ0) is 14.2. The van der Waals surface area contributed by atoms with Crippen LogP contribution in [0.5, 0.6) is 0 Å². The number of carboxylic acid groups (broad SMARTS) is 1. The Balaban J connectivity index is 2.29. The number of nitrogens with zero attached hydrogens (tertiary/aromatic N) is 2. The van der Waals surface area contributed by atoms with Crippen LogP contribution in [0.3, 0.4) is 0 Å². The first-order chi connectivity index (χ1) is 8.81. The van der Waals surface area contributed by atoms with Gasteiger partial charge >= 0.3 is 5.97 Å². The van der Waals surface area contributed by atoms with Crippen molar-refractivity contribution in [2.45, 2.75) is 24.3 Å². The number of rotatable bonds is 4. The summed E-state index contributed by atoms with van der Waals surface area (Å²) in [6, 6.07) is -0.203. The van der Waals surface area contributed by atoms with E-state index in [0.29, 0.717) is 13.0 Å². The minimum atomic E-state index is -3.88. The van der Waals surface area contributed by atoms with Gasteiger partial charge in [-0.25, -0.2) is 17.9 Å². The second-order valence-electron chi connectivity index (χ2n) is 4.70. The molecule has 1 atom stereocenters. The number of hydrogen-bond donors (Lipinski definition) is 3. The van der Waals surface area contributed by atoms with Crippen LogP contribution in [0, 0.1) is 6.92 Å². The molecule has 0 bridgehead atoms. The summed E-state index contributed by atoms with van der Waals surface area (Å²) >= 11 is 0. The number of aromatic carboxylic acids is 1. The number of likely N-dealkylation sites (tertiary alicyclic amines) is 1. The Labute approximate surface area is 110 Å². The first-order valence-corrected chi connectivity index (χ1v) is 7.28. The third-order valence-electron chi connectivity index (χ3n) is 3.08. The molecular weight excluding hydrogens is 272 g/mol. The normalized spacial score (nSPS) is 20.8. The van der Waals surface area contributed by atoms with Crippen LogP contribution in [0.25, 0.3) is 0 Å². The summed E-state index contributed by atoms with van der Waals surface area (Å²) < 4.78 is 27.0. The number of aromatic nitrogens is 2. The molecule has 1 aromatic rings. The Morgan fingerprint density at radius 1 is 1.58 bits per heavy atom. The van der Waals surface area contributed by atoms with E-state index in [1.54, 1.807) is 0 Å². The quantitative estimate of drug-likeness (QED) is 0.681. The zero-order valence-electron chi connectivity index (χ0n) is 10.7. The average Bonchev–Trinajstić information content (AvgIpc) is 2.84. The molecule has 1 fully saturated rings. The van der Waals surface area contributed by atoms with Crippen LogP contribution in [0.2, 0.25) is 0 Å². The summed E-state index contributed by atoms with van der Waals surface area (Å²) in [7, 11) is -1.98. The summed E-state index contributed by atoms with van der Waals surface area (Å²) in [4.78, 5) is 12.7. The fourth-order valence-corrected chi connectivity index (χ4v) is 3.79. The molecule has 0 saturated carbocycles. The van der Waals surface area contributed by atoms with Gasteiger partial charge in [0, 0.05) is 12.6 Å². The number of carboxylic acids is 1. The topological polar surface area (TPSA) is 115 Å². The molecule has 19 heavy (non-hydrogen) atoms. The molecule has 2 rings (SSSR count). The second-order valence-corrected chi connectivity index (χ2v) is 6.35. The van der Waals surface area contributed by atoms with Crippen molar-refractivity contribution in [1.82, 2.24) is 19.8 Å². The van der Waals surface area contributed by atoms with E-state index in [1.807, 2.05) is 11.9 Å². The van der Waals surface area contributed by atoms with Crippen LogP contribution in [0.15, 0.2) is 4.90 Å². The standard InChI is InChI=1S/C10H16N4O4S/c1-6-9(8(10(15)16)12-11-6)19(17,18)13-7-3-4-14(2)5-7/h7,13H,3-5H2,1-2H3,(H,11,12)(H,15,16). The van der Waals surface area contributed by atoms with Crippen LogP contribution < -0.4 is 4.72 Å². The molecule has 2 heterocycles. The van der Waals surface area contributed by atoms with Crippen molar-refractivity contribution in [2.24, 2.45) is 0 Å². The van der Waals surface area contributed by atoms with Gasteiger partial charge in [-0.1, -0.05) is 0 Å². The maximum Gasteiger partial charge on any atom is 0.357 e. The molecule has 3 N–H and O–H groups in total. The summed E-state index contributed by atoms with van der Waals surface area (Å²) in [6.45, 7) is 2.90. The SMILES string of the molecule is Cc1[nH]nc(C(=O)O)c1S(=O)(=O)NC1CCN(C)C1.